The van der Waals surface area contributed by atoms with E-state index in [2.05, 4.69) is 0 Å². The first-order valence-corrected chi connectivity index (χ1v) is 6.30. The van der Waals surface area contributed by atoms with Crippen LogP contribution in [0.4, 0.5) is 0 Å². The molecule has 3 nitrogen and oxygen atoms in total. The Morgan fingerprint density at radius 3 is 2.28 bits per heavy atom. The van der Waals surface area contributed by atoms with Gasteiger partial charge in [-0.3, -0.25) is 9.59 Å². The minimum absolute atomic E-state index is 0.00360. The van der Waals surface area contributed by atoms with Crippen LogP contribution in [-0.2, 0) is 4.79 Å². The van der Waals surface area contributed by atoms with Crippen molar-refractivity contribution in [1.29, 1.82) is 0 Å². The number of hydrogen-bond donors (Lipinski definition) is 0. The number of ketones is 2. The van der Waals surface area contributed by atoms with Crippen molar-refractivity contribution in [2.75, 3.05) is 6.61 Å². The molecule has 0 aliphatic carbocycles. The summed E-state index contributed by atoms with van der Waals surface area (Å²) in [5, 5.41) is 0. The van der Waals surface area contributed by atoms with E-state index >= 15 is 0 Å². The maximum absolute atomic E-state index is 11.8. The first-order valence-electron chi connectivity index (χ1n) is 6.30. The van der Waals surface area contributed by atoms with E-state index in [-0.39, 0.29) is 18.0 Å². The zero-order chi connectivity index (χ0) is 13.5. The Bertz CT molecular complexity index is 404. The van der Waals surface area contributed by atoms with Gasteiger partial charge >= 0.3 is 0 Å². The van der Waals surface area contributed by atoms with Crippen molar-refractivity contribution in [2.24, 2.45) is 5.92 Å². The third-order valence-corrected chi connectivity index (χ3v) is 2.48. The molecule has 0 unspecified atom stereocenters. The first kappa shape index (κ1) is 14.4. The minimum atomic E-state index is -0.122. The van der Waals surface area contributed by atoms with Gasteiger partial charge in [-0.15, -0.1) is 0 Å². The zero-order valence-electron chi connectivity index (χ0n) is 11.2. The first-order chi connectivity index (χ1) is 8.52. The van der Waals surface area contributed by atoms with Crippen molar-refractivity contribution in [1.82, 2.24) is 0 Å². The summed E-state index contributed by atoms with van der Waals surface area (Å²) in [6.07, 6.45) is 0.453. The van der Waals surface area contributed by atoms with Gasteiger partial charge in [0.1, 0.15) is 11.5 Å². The monoisotopic (exact) mass is 248 g/mol. The Hall–Kier alpha value is -1.64. The van der Waals surface area contributed by atoms with Gasteiger partial charge in [0, 0.05) is 12.0 Å². The number of benzene rings is 1. The van der Waals surface area contributed by atoms with E-state index in [0.29, 0.717) is 24.5 Å². The standard InChI is InChI=1S/C15H20O3/c1-4-18-14-7-5-12(6-8-14)15(17)10-13(16)9-11(2)3/h5-8,11H,4,9-10H2,1-3H3. The van der Waals surface area contributed by atoms with Gasteiger partial charge in [0.15, 0.2) is 5.78 Å². The summed E-state index contributed by atoms with van der Waals surface area (Å²) in [6.45, 7) is 6.45. The molecule has 1 rings (SSSR count). The van der Waals surface area contributed by atoms with Gasteiger partial charge in [-0.1, -0.05) is 13.8 Å². The lowest BCUT2D eigenvalue weighted by molar-refractivity contribution is -0.118. The maximum Gasteiger partial charge on any atom is 0.170 e. The van der Waals surface area contributed by atoms with Crippen molar-refractivity contribution < 1.29 is 14.3 Å². The molecule has 0 aliphatic heterocycles. The van der Waals surface area contributed by atoms with E-state index < -0.39 is 0 Å². The van der Waals surface area contributed by atoms with Crippen LogP contribution in [0.3, 0.4) is 0 Å². The fourth-order valence-corrected chi connectivity index (χ4v) is 1.71. The smallest absolute Gasteiger partial charge is 0.170 e. The van der Waals surface area contributed by atoms with E-state index in [1.165, 1.54) is 0 Å². The highest BCUT2D eigenvalue weighted by molar-refractivity contribution is 6.08. The lowest BCUT2D eigenvalue weighted by Gasteiger charge is -2.05. The second kappa shape index (κ2) is 6.94. The molecule has 3 heteroatoms. The third kappa shape index (κ3) is 4.70. The summed E-state index contributed by atoms with van der Waals surface area (Å²) in [5.41, 5.74) is 0.565. The number of rotatable bonds is 7. The van der Waals surface area contributed by atoms with Crippen molar-refractivity contribution in [3.63, 3.8) is 0 Å². The Labute approximate surface area is 108 Å². The number of ether oxygens (including phenoxy) is 1. The maximum atomic E-state index is 11.8. The summed E-state index contributed by atoms with van der Waals surface area (Å²) in [6, 6.07) is 6.92. The number of carbonyl (C=O) groups excluding carboxylic acids is 2. The highest BCUT2D eigenvalue weighted by atomic mass is 16.5. The molecule has 0 saturated heterocycles. The van der Waals surface area contributed by atoms with Gasteiger partial charge in [0.25, 0.3) is 0 Å². The molecule has 0 amide bonds. The van der Waals surface area contributed by atoms with Crippen LogP contribution < -0.4 is 4.74 Å². The van der Waals surface area contributed by atoms with Crippen molar-refractivity contribution in [3.05, 3.63) is 29.8 Å². The molecule has 0 N–H and O–H groups in total. The van der Waals surface area contributed by atoms with Crippen LogP contribution in [0.2, 0.25) is 0 Å². The lowest BCUT2D eigenvalue weighted by Crippen LogP contribution is -2.10. The predicted octanol–water partition coefficient (Wildman–Crippen LogP) is 3.27. The van der Waals surface area contributed by atoms with Crippen LogP contribution in [0.5, 0.6) is 5.75 Å². The molecule has 0 atom stereocenters. The molecule has 0 spiro atoms. The van der Waals surface area contributed by atoms with Crippen LogP contribution in [0.25, 0.3) is 0 Å². The predicted molar refractivity (Wildman–Crippen MR) is 71.0 cm³/mol. The SMILES string of the molecule is CCOc1ccc(C(=O)CC(=O)CC(C)C)cc1. The van der Waals surface area contributed by atoms with Gasteiger partial charge in [-0.25, -0.2) is 0 Å². The Morgan fingerprint density at radius 2 is 1.78 bits per heavy atom. The van der Waals surface area contributed by atoms with E-state index in [0.717, 1.165) is 5.75 Å². The summed E-state index contributed by atoms with van der Waals surface area (Å²) < 4.78 is 5.30. The number of hydrogen-bond acceptors (Lipinski definition) is 3. The van der Waals surface area contributed by atoms with E-state index in [1.54, 1.807) is 24.3 Å². The summed E-state index contributed by atoms with van der Waals surface area (Å²) in [5.74, 6) is 0.917. The molecule has 18 heavy (non-hydrogen) atoms. The topological polar surface area (TPSA) is 43.4 Å². The minimum Gasteiger partial charge on any atom is -0.494 e. The van der Waals surface area contributed by atoms with E-state index in [4.69, 9.17) is 4.74 Å². The molecule has 1 aromatic rings. The van der Waals surface area contributed by atoms with E-state index in [9.17, 15) is 9.59 Å². The van der Waals surface area contributed by atoms with Gasteiger partial charge in [-0.05, 0) is 37.1 Å². The lowest BCUT2D eigenvalue weighted by atomic mass is 10.0. The third-order valence-electron chi connectivity index (χ3n) is 2.48. The molecular weight excluding hydrogens is 228 g/mol. The Balaban J connectivity index is 2.58. The molecule has 0 aromatic heterocycles. The van der Waals surface area contributed by atoms with E-state index in [1.807, 2.05) is 20.8 Å². The normalized spacial score (nSPS) is 10.4. The molecule has 0 fully saturated rings. The van der Waals surface area contributed by atoms with Crippen molar-refractivity contribution in [3.8, 4) is 5.75 Å². The largest absolute Gasteiger partial charge is 0.494 e. The Morgan fingerprint density at radius 1 is 1.17 bits per heavy atom. The Kier molecular flexibility index (Phi) is 5.56. The highest BCUT2D eigenvalue weighted by Crippen LogP contribution is 2.14. The van der Waals surface area contributed by atoms with Gasteiger partial charge < -0.3 is 4.74 Å². The van der Waals surface area contributed by atoms with Gasteiger partial charge in [-0.2, -0.15) is 0 Å². The zero-order valence-corrected chi connectivity index (χ0v) is 11.2. The second-order valence-corrected chi connectivity index (χ2v) is 4.69. The average Bonchev–Trinajstić information content (AvgIpc) is 2.29. The molecule has 0 bridgehead atoms. The highest BCUT2D eigenvalue weighted by Gasteiger charge is 2.13. The van der Waals surface area contributed by atoms with Gasteiger partial charge in [0.2, 0.25) is 0 Å². The van der Waals surface area contributed by atoms with Crippen LogP contribution >= 0.6 is 0 Å². The average molecular weight is 248 g/mol. The molecule has 98 valence electrons. The van der Waals surface area contributed by atoms with Gasteiger partial charge in [0.05, 0.1) is 13.0 Å². The fourth-order valence-electron chi connectivity index (χ4n) is 1.71. The van der Waals surface area contributed by atoms with Crippen LogP contribution in [-0.4, -0.2) is 18.2 Å². The fraction of sp³-hybridized carbons (Fsp3) is 0.467. The molecule has 1 aromatic carbocycles. The number of Topliss-reactive ketones (excluding diaryl/α,β-unsaturated/α-hetero) is 2. The molecule has 0 radical (unpaired) electrons. The molecule has 0 aliphatic rings. The van der Waals surface area contributed by atoms with Crippen LogP contribution in [0.1, 0.15) is 44.0 Å². The van der Waals surface area contributed by atoms with Crippen molar-refractivity contribution in [2.45, 2.75) is 33.6 Å². The number of carbonyl (C=O) groups is 2. The summed E-state index contributed by atoms with van der Waals surface area (Å²) in [7, 11) is 0. The summed E-state index contributed by atoms with van der Waals surface area (Å²) in [4.78, 5) is 23.4. The summed E-state index contributed by atoms with van der Waals surface area (Å²) >= 11 is 0. The second-order valence-electron chi connectivity index (χ2n) is 4.69. The van der Waals surface area contributed by atoms with Crippen molar-refractivity contribution >= 4 is 11.6 Å². The molecule has 0 heterocycles. The van der Waals surface area contributed by atoms with Crippen LogP contribution in [0, 0.1) is 5.92 Å². The molecule has 0 saturated carbocycles. The molecular formula is C15H20O3. The van der Waals surface area contributed by atoms with Crippen LogP contribution in [0.15, 0.2) is 24.3 Å². The quantitative estimate of drug-likeness (QED) is 0.549.